The molecule has 0 radical (unpaired) electrons. The van der Waals surface area contributed by atoms with E-state index >= 15 is 0 Å². The molecule has 0 saturated heterocycles. The van der Waals surface area contributed by atoms with Gasteiger partial charge in [-0.15, -0.1) is 0 Å². The SMILES string of the molecule is CC(C)=O.O=[N+]([O-])c1ccccc1Cl. The van der Waals surface area contributed by atoms with Crippen molar-refractivity contribution in [3.8, 4) is 0 Å². The molecule has 1 aromatic carbocycles. The molecule has 0 unspecified atom stereocenters. The predicted octanol–water partition coefficient (Wildman–Crippen LogP) is 2.84. The second kappa shape index (κ2) is 6.10. The zero-order chi connectivity index (χ0) is 11.1. The molecule has 0 saturated carbocycles. The molecule has 0 amide bonds. The van der Waals surface area contributed by atoms with Crippen LogP contribution in [-0.2, 0) is 4.79 Å². The molecule has 0 aromatic heterocycles. The lowest BCUT2D eigenvalue weighted by Crippen LogP contribution is -1.87. The molecule has 5 heteroatoms. The smallest absolute Gasteiger partial charge is 0.287 e. The summed E-state index contributed by atoms with van der Waals surface area (Å²) in [7, 11) is 0. The number of nitrogens with zero attached hydrogens (tertiary/aromatic N) is 1. The number of Topliss-reactive ketones (excluding diaryl/α,β-unsaturated/α-hetero) is 1. The molecular formula is C9H10ClNO3. The Morgan fingerprint density at radius 3 is 2.07 bits per heavy atom. The summed E-state index contributed by atoms with van der Waals surface area (Å²) in [4.78, 5) is 19.1. The van der Waals surface area contributed by atoms with Crippen LogP contribution < -0.4 is 0 Å². The third-order valence-corrected chi connectivity index (χ3v) is 1.37. The molecule has 0 aliphatic rings. The fourth-order valence-corrected chi connectivity index (χ4v) is 0.805. The average molecular weight is 216 g/mol. The van der Waals surface area contributed by atoms with E-state index in [1.54, 1.807) is 12.1 Å². The Balaban J connectivity index is 0.000000364. The Morgan fingerprint density at radius 2 is 1.79 bits per heavy atom. The van der Waals surface area contributed by atoms with Crippen molar-refractivity contribution in [1.29, 1.82) is 0 Å². The van der Waals surface area contributed by atoms with Gasteiger partial charge in [0.15, 0.2) is 0 Å². The van der Waals surface area contributed by atoms with Crippen molar-refractivity contribution in [2.45, 2.75) is 13.8 Å². The maximum Gasteiger partial charge on any atom is 0.287 e. The van der Waals surface area contributed by atoms with Gasteiger partial charge in [0.25, 0.3) is 5.69 Å². The molecule has 0 aliphatic heterocycles. The maximum absolute atomic E-state index is 10.1. The minimum absolute atomic E-state index is 0.0517. The average Bonchev–Trinajstić information content (AvgIpc) is 2.03. The number of hydrogen-bond acceptors (Lipinski definition) is 3. The first-order valence-corrected chi connectivity index (χ1v) is 4.19. The van der Waals surface area contributed by atoms with Gasteiger partial charge in [-0.2, -0.15) is 0 Å². The van der Waals surface area contributed by atoms with Gasteiger partial charge >= 0.3 is 0 Å². The first kappa shape index (κ1) is 12.6. The molecule has 1 rings (SSSR count). The zero-order valence-electron chi connectivity index (χ0n) is 7.86. The van der Waals surface area contributed by atoms with Crippen molar-refractivity contribution in [2.24, 2.45) is 0 Å². The van der Waals surface area contributed by atoms with E-state index in [1.807, 2.05) is 0 Å². The number of carbonyl (C=O) groups excluding carboxylic acids is 1. The van der Waals surface area contributed by atoms with Gasteiger partial charge in [0.2, 0.25) is 0 Å². The van der Waals surface area contributed by atoms with Gasteiger partial charge in [0, 0.05) is 6.07 Å². The maximum atomic E-state index is 10.1. The lowest BCUT2D eigenvalue weighted by molar-refractivity contribution is -0.384. The Bertz CT molecular complexity index is 335. The number of ketones is 1. The van der Waals surface area contributed by atoms with Crippen LogP contribution in [0.2, 0.25) is 5.02 Å². The second-order valence-electron chi connectivity index (χ2n) is 2.62. The van der Waals surface area contributed by atoms with E-state index in [0.717, 1.165) is 0 Å². The normalized spacial score (nSPS) is 8.50. The van der Waals surface area contributed by atoms with E-state index in [4.69, 9.17) is 11.6 Å². The third-order valence-electron chi connectivity index (χ3n) is 1.05. The summed E-state index contributed by atoms with van der Waals surface area (Å²) in [5.41, 5.74) is -0.0517. The Labute approximate surface area is 86.6 Å². The minimum atomic E-state index is -0.512. The van der Waals surface area contributed by atoms with Crippen LogP contribution in [0.25, 0.3) is 0 Å². The molecule has 0 aliphatic carbocycles. The molecule has 1 aromatic rings. The van der Waals surface area contributed by atoms with E-state index in [-0.39, 0.29) is 16.5 Å². The van der Waals surface area contributed by atoms with E-state index in [0.29, 0.717) is 0 Å². The summed E-state index contributed by atoms with van der Waals surface area (Å²) in [5, 5.41) is 10.3. The van der Waals surface area contributed by atoms with Crippen LogP contribution >= 0.6 is 11.6 Å². The van der Waals surface area contributed by atoms with Crippen molar-refractivity contribution in [2.75, 3.05) is 0 Å². The van der Waals surface area contributed by atoms with E-state index in [9.17, 15) is 14.9 Å². The van der Waals surface area contributed by atoms with Crippen molar-refractivity contribution >= 4 is 23.1 Å². The molecule has 0 spiro atoms. The molecule has 0 N–H and O–H groups in total. The summed E-state index contributed by atoms with van der Waals surface area (Å²) >= 11 is 5.48. The summed E-state index contributed by atoms with van der Waals surface area (Å²) in [6.07, 6.45) is 0. The molecular weight excluding hydrogens is 206 g/mol. The highest BCUT2D eigenvalue weighted by atomic mass is 35.5. The fourth-order valence-electron chi connectivity index (χ4n) is 0.600. The number of carbonyl (C=O) groups is 1. The molecule has 14 heavy (non-hydrogen) atoms. The van der Waals surface area contributed by atoms with E-state index in [1.165, 1.54) is 26.0 Å². The Kier molecular flexibility index (Phi) is 5.48. The van der Waals surface area contributed by atoms with Crippen LogP contribution in [0.5, 0.6) is 0 Å². The van der Waals surface area contributed by atoms with Crippen LogP contribution in [0, 0.1) is 10.1 Å². The van der Waals surface area contributed by atoms with Crippen molar-refractivity contribution in [3.63, 3.8) is 0 Å². The quantitative estimate of drug-likeness (QED) is 0.535. The summed E-state index contributed by atoms with van der Waals surface area (Å²) in [5.74, 6) is 0.167. The number of rotatable bonds is 1. The molecule has 76 valence electrons. The number of para-hydroxylation sites is 1. The van der Waals surface area contributed by atoms with Gasteiger partial charge in [-0.25, -0.2) is 0 Å². The van der Waals surface area contributed by atoms with E-state index < -0.39 is 4.92 Å². The van der Waals surface area contributed by atoms with Gasteiger partial charge in [-0.1, -0.05) is 23.7 Å². The lowest BCUT2D eigenvalue weighted by atomic mass is 10.3. The molecule has 0 heterocycles. The van der Waals surface area contributed by atoms with Gasteiger partial charge < -0.3 is 4.79 Å². The van der Waals surface area contributed by atoms with Crippen LogP contribution in [0.15, 0.2) is 24.3 Å². The molecule has 0 fully saturated rings. The highest BCUT2D eigenvalue weighted by Gasteiger charge is 2.08. The third kappa shape index (κ3) is 5.27. The van der Waals surface area contributed by atoms with Crippen LogP contribution in [0.3, 0.4) is 0 Å². The first-order chi connectivity index (χ1) is 6.45. The molecule has 4 nitrogen and oxygen atoms in total. The standard InChI is InChI=1S/C6H4ClNO2.C3H6O/c7-5-3-1-2-4-6(5)8(9)10;1-3(2)4/h1-4H;1-2H3. The Morgan fingerprint density at radius 1 is 1.36 bits per heavy atom. The van der Waals surface area contributed by atoms with E-state index in [2.05, 4.69) is 0 Å². The number of nitro benzene ring substituents is 1. The molecule has 0 bridgehead atoms. The van der Waals surface area contributed by atoms with Crippen molar-refractivity contribution in [3.05, 3.63) is 39.4 Å². The van der Waals surface area contributed by atoms with Crippen LogP contribution in [0.1, 0.15) is 13.8 Å². The lowest BCUT2D eigenvalue weighted by Gasteiger charge is -1.90. The zero-order valence-corrected chi connectivity index (χ0v) is 8.62. The van der Waals surface area contributed by atoms with Crippen molar-refractivity contribution in [1.82, 2.24) is 0 Å². The molecule has 0 atom stereocenters. The number of benzene rings is 1. The summed E-state index contributed by atoms with van der Waals surface area (Å²) < 4.78 is 0. The summed E-state index contributed by atoms with van der Waals surface area (Å²) in [6, 6.07) is 6.07. The highest BCUT2D eigenvalue weighted by Crippen LogP contribution is 2.21. The number of halogens is 1. The second-order valence-corrected chi connectivity index (χ2v) is 3.02. The topological polar surface area (TPSA) is 60.2 Å². The Hall–Kier alpha value is -1.42. The van der Waals surface area contributed by atoms with Crippen LogP contribution in [0.4, 0.5) is 5.69 Å². The largest absolute Gasteiger partial charge is 0.300 e. The summed E-state index contributed by atoms with van der Waals surface area (Å²) in [6.45, 7) is 3.06. The van der Waals surface area contributed by atoms with Gasteiger partial charge in [-0.05, 0) is 19.9 Å². The van der Waals surface area contributed by atoms with Crippen LogP contribution in [-0.4, -0.2) is 10.7 Å². The minimum Gasteiger partial charge on any atom is -0.300 e. The van der Waals surface area contributed by atoms with Crippen molar-refractivity contribution < 1.29 is 9.72 Å². The number of hydrogen-bond donors (Lipinski definition) is 0. The fraction of sp³-hybridized carbons (Fsp3) is 0.222. The number of nitro groups is 1. The highest BCUT2D eigenvalue weighted by molar-refractivity contribution is 6.32. The van der Waals surface area contributed by atoms with Gasteiger partial charge in [-0.3, -0.25) is 10.1 Å². The predicted molar refractivity (Wildman–Crippen MR) is 54.5 cm³/mol. The van der Waals surface area contributed by atoms with Gasteiger partial charge in [0.05, 0.1) is 4.92 Å². The first-order valence-electron chi connectivity index (χ1n) is 3.81. The monoisotopic (exact) mass is 215 g/mol. The van der Waals surface area contributed by atoms with Gasteiger partial charge in [0.1, 0.15) is 10.8 Å².